The lowest BCUT2D eigenvalue weighted by Gasteiger charge is -2.24. The summed E-state index contributed by atoms with van der Waals surface area (Å²) in [4.78, 5) is 13.1. The molecule has 3 aromatic carbocycles. The quantitative estimate of drug-likeness (QED) is 0.147. The molecule has 0 saturated heterocycles. The van der Waals surface area contributed by atoms with E-state index in [1.54, 1.807) is 7.11 Å². The predicted molar refractivity (Wildman–Crippen MR) is 141 cm³/mol. The van der Waals surface area contributed by atoms with Crippen LogP contribution < -0.4 is 11.1 Å². The third-order valence-electron chi connectivity index (χ3n) is 5.92. The van der Waals surface area contributed by atoms with Crippen LogP contribution in [0.1, 0.15) is 52.9 Å². The van der Waals surface area contributed by atoms with Gasteiger partial charge in [-0.15, -0.1) is 0 Å². The molecule has 192 valence electrons. The number of nitrogens with one attached hydrogen (secondary N) is 1. The number of methoxy groups -OCH3 is 1. The molecule has 0 radical (unpaired) electrons. The number of aryl methyl sites for hydroxylation is 1. The molecule has 0 amide bonds. The first kappa shape index (κ1) is 27.6. The van der Waals surface area contributed by atoms with E-state index >= 15 is 0 Å². The molecule has 3 aromatic rings. The average Bonchev–Trinajstić information content (AvgIpc) is 2.83. The van der Waals surface area contributed by atoms with Gasteiger partial charge in [0.2, 0.25) is 0 Å². The summed E-state index contributed by atoms with van der Waals surface area (Å²) in [7, 11) is 1.55. The van der Waals surface area contributed by atoms with Gasteiger partial charge in [-0.2, -0.15) is 0 Å². The molecule has 4 N–H and O–H groups in total. The van der Waals surface area contributed by atoms with Gasteiger partial charge in [0.15, 0.2) is 0 Å². The molecular weight excluding hydrogens is 482 g/mol. The Morgan fingerprint density at radius 3 is 2.36 bits per heavy atom. The number of halogens is 2. The van der Waals surface area contributed by atoms with Crippen molar-refractivity contribution in [3.63, 3.8) is 0 Å². The maximum atomic E-state index is 14.2. The summed E-state index contributed by atoms with van der Waals surface area (Å²) < 4.78 is 33.6. The molecule has 8 heteroatoms. The molecule has 0 aliphatic rings. The van der Waals surface area contributed by atoms with Gasteiger partial charge in [-0.3, -0.25) is 0 Å². The van der Waals surface area contributed by atoms with E-state index in [0.29, 0.717) is 29.0 Å². The van der Waals surface area contributed by atoms with Crippen LogP contribution in [0.25, 0.3) is 11.1 Å². The van der Waals surface area contributed by atoms with Crippen molar-refractivity contribution in [2.45, 2.75) is 51.1 Å². The molecule has 0 fully saturated rings. The van der Waals surface area contributed by atoms with Crippen LogP contribution in [-0.2, 0) is 30.7 Å². The van der Waals surface area contributed by atoms with Crippen molar-refractivity contribution in [1.29, 1.82) is 0 Å². The summed E-state index contributed by atoms with van der Waals surface area (Å²) in [5.41, 5.74) is 10.6. The van der Waals surface area contributed by atoms with Crippen LogP contribution in [0.3, 0.4) is 0 Å². The Kier molecular flexibility index (Phi) is 9.87. The number of aromatic carboxylic acids is 1. The molecule has 36 heavy (non-hydrogen) atoms. The van der Waals surface area contributed by atoms with Crippen LogP contribution in [0.2, 0.25) is 0 Å². The lowest BCUT2D eigenvalue weighted by atomic mass is 9.89. The van der Waals surface area contributed by atoms with Crippen LogP contribution in [0, 0.1) is 11.6 Å². The molecule has 0 bridgehead atoms. The summed E-state index contributed by atoms with van der Waals surface area (Å²) in [6.45, 7) is 4.92. The monoisotopic (exact) mass is 514 g/mol. The fourth-order valence-electron chi connectivity index (χ4n) is 4.36. The molecule has 0 heterocycles. The van der Waals surface area contributed by atoms with Crippen molar-refractivity contribution in [2.24, 2.45) is 0 Å². The Hall–Kier alpha value is -2.94. The second kappa shape index (κ2) is 12.9. The largest absolute Gasteiger partial charge is 0.478 e. The smallest absolute Gasteiger partial charge is 0.338 e. The third kappa shape index (κ3) is 6.43. The molecule has 0 saturated carbocycles. The third-order valence-corrected chi connectivity index (χ3v) is 7.02. The first-order valence-corrected chi connectivity index (χ1v) is 12.9. The SMILES string of the molecule is CCCc1c(CNCc2cccc(CC)c2)c(C(=O)O)c(N)c(-c2cc(F)cc(F)c2)c1SCOC. The lowest BCUT2D eigenvalue weighted by Crippen LogP contribution is -2.20. The number of hydrogen-bond donors (Lipinski definition) is 3. The van der Waals surface area contributed by atoms with Gasteiger partial charge in [0.1, 0.15) is 11.6 Å². The normalized spacial score (nSPS) is 11.1. The molecule has 5 nitrogen and oxygen atoms in total. The summed E-state index contributed by atoms with van der Waals surface area (Å²) in [6.07, 6.45) is 2.24. The van der Waals surface area contributed by atoms with Crippen molar-refractivity contribution < 1.29 is 23.4 Å². The number of anilines is 1. The van der Waals surface area contributed by atoms with E-state index in [1.165, 1.54) is 29.5 Å². The Balaban J connectivity index is 2.16. The second-order valence-electron chi connectivity index (χ2n) is 8.49. The van der Waals surface area contributed by atoms with Gasteiger partial charge in [-0.25, -0.2) is 13.6 Å². The summed E-state index contributed by atoms with van der Waals surface area (Å²) in [6, 6.07) is 11.3. The zero-order valence-corrected chi connectivity index (χ0v) is 21.6. The van der Waals surface area contributed by atoms with E-state index in [-0.39, 0.29) is 29.3 Å². The van der Waals surface area contributed by atoms with E-state index in [9.17, 15) is 18.7 Å². The molecule has 0 aliphatic heterocycles. The fourth-order valence-corrected chi connectivity index (χ4v) is 5.36. The van der Waals surface area contributed by atoms with Crippen LogP contribution >= 0.6 is 11.8 Å². The molecule has 0 aromatic heterocycles. The van der Waals surface area contributed by atoms with Gasteiger partial charge in [0.25, 0.3) is 0 Å². The predicted octanol–water partition coefficient (Wildman–Crippen LogP) is 6.41. The molecule has 0 unspecified atom stereocenters. The van der Waals surface area contributed by atoms with Crippen molar-refractivity contribution >= 4 is 23.4 Å². The highest BCUT2D eigenvalue weighted by molar-refractivity contribution is 7.99. The maximum Gasteiger partial charge on any atom is 0.338 e. The van der Waals surface area contributed by atoms with Gasteiger partial charge in [-0.05, 0) is 52.8 Å². The van der Waals surface area contributed by atoms with Gasteiger partial charge in [0.05, 0.1) is 17.2 Å². The van der Waals surface area contributed by atoms with E-state index in [0.717, 1.165) is 30.0 Å². The van der Waals surface area contributed by atoms with E-state index in [2.05, 4.69) is 24.4 Å². The van der Waals surface area contributed by atoms with Crippen molar-refractivity contribution in [1.82, 2.24) is 5.32 Å². The Bertz CT molecular complexity index is 1210. The van der Waals surface area contributed by atoms with Crippen LogP contribution in [0.15, 0.2) is 47.4 Å². The molecule has 0 atom stereocenters. The number of carbonyl (C=O) groups is 1. The maximum absolute atomic E-state index is 14.2. The first-order valence-electron chi connectivity index (χ1n) is 11.9. The standard InChI is InChI=1S/C28H32F2N2O3S/c1-4-7-22-23(15-32-14-18-9-6-8-17(5-2)10-18)25(28(33)34)26(31)24(27(22)36-16-35-3)19-11-20(29)13-21(30)12-19/h6,8-13,32H,4-5,7,14-16,31H2,1-3H3,(H,33,34). The second-order valence-corrected chi connectivity index (χ2v) is 9.42. The number of nitrogens with two attached hydrogens (primary N) is 1. The minimum atomic E-state index is -1.18. The zero-order valence-electron chi connectivity index (χ0n) is 20.8. The average molecular weight is 515 g/mol. The summed E-state index contributed by atoms with van der Waals surface area (Å²) in [5, 5.41) is 13.6. The van der Waals surface area contributed by atoms with Gasteiger partial charge < -0.3 is 20.9 Å². The van der Waals surface area contributed by atoms with Crippen LogP contribution in [0.4, 0.5) is 14.5 Å². The fraction of sp³-hybridized carbons (Fsp3) is 0.321. The summed E-state index contributed by atoms with van der Waals surface area (Å²) >= 11 is 1.34. The highest BCUT2D eigenvalue weighted by atomic mass is 32.2. The van der Waals surface area contributed by atoms with Crippen molar-refractivity contribution in [3.8, 4) is 11.1 Å². The molecule has 0 spiro atoms. The van der Waals surface area contributed by atoms with Gasteiger partial charge >= 0.3 is 5.97 Å². The minimum Gasteiger partial charge on any atom is -0.478 e. The van der Waals surface area contributed by atoms with Crippen molar-refractivity contribution in [3.05, 3.63) is 81.9 Å². The number of thioether (sulfide) groups is 1. The zero-order chi connectivity index (χ0) is 26.2. The number of ether oxygens (including phenoxy) is 1. The molecule has 0 aliphatic carbocycles. The molecular formula is C28H32F2N2O3S. The topological polar surface area (TPSA) is 84.6 Å². The number of carboxylic acids is 1. The van der Waals surface area contributed by atoms with E-state index in [1.807, 2.05) is 19.1 Å². The molecule has 3 rings (SSSR count). The number of nitrogen functional groups attached to an aromatic ring is 1. The lowest BCUT2D eigenvalue weighted by molar-refractivity contribution is 0.0696. The van der Waals surface area contributed by atoms with Crippen LogP contribution in [0.5, 0.6) is 0 Å². The van der Waals surface area contributed by atoms with Crippen molar-refractivity contribution in [2.75, 3.05) is 18.8 Å². The minimum absolute atomic E-state index is 0.0178. The van der Waals surface area contributed by atoms with Gasteiger partial charge in [-0.1, -0.05) is 56.3 Å². The van der Waals surface area contributed by atoms with Crippen LogP contribution in [-0.4, -0.2) is 24.1 Å². The Labute approximate surface area is 215 Å². The number of hydrogen-bond acceptors (Lipinski definition) is 5. The Morgan fingerprint density at radius 2 is 1.75 bits per heavy atom. The first-order chi connectivity index (χ1) is 17.3. The Morgan fingerprint density at radius 1 is 1.06 bits per heavy atom. The summed E-state index contributed by atoms with van der Waals surface area (Å²) in [5.74, 6) is -2.44. The highest BCUT2D eigenvalue weighted by Gasteiger charge is 2.27. The highest BCUT2D eigenvalue weighted by Crippen LogP contribution is 2.44. The number of benzene rings is 3. The number of carboxylic acid groups (broad SMARTS) is 1. The van der Waals surface area contributed by atoms with E-state index < -0.39 is 17.6 Å². The van der Waals surface area contributed by atoms with E-state index in [4.69, 9.17) is 10.5 Å². The van der Waals surface area contributed by atoms with Gasteiger partial charge in [0, 0.05) is 36.7 Å². The number of rotatable bonds is 12.